The van der Waals surface area contributed by atoms with Gasteiger partial charge in [-0.15, -0.1) is 0 Å². The van der Waals surface area contributed by atoms with Crippen LogP contribution in [0.15, 0.2) is 53.4 Å². The van der Waals surface area contributed by atoms with Crippen molar-refractivity contribution in [3.8, 4) is 5.75 Å². The van der Waals surface area contributed by atoms with E-state index in [1.165, 1.54) is 12.1 Å². The fourth-order valence-electron chi connectivity index (χ4n) is 2.46. The lowest BCUT2D eigenvalue weighted by Crippen LogP contribution is -2.34. The van der Waals surface area contributed by atoms with E-state index < -0.39 is 10.0 Å². The maximum Gasteiger partial charge on any atom is 0.257 e. The number of nitrogens with one attached hydrogen (secondary N) is 3. The van der Waals surface area contributed by atoms with Gasteiger partial charge in [0, 0.05) is 17.3 Å². The number of amides is 1. The van der Waals surface area contributed by atoms with Crippen LogP contribution >= 0.6 is 12.2 Å². The largest absolute Gasteiger partial charge is 0.493 e. The first-order valence-electron chi connectivity index (χ1n) is 10.1. The lowest BCUT2D eigenvalue weighted by molar-refractivity contribution is 0.0977. The van der Waals surface area contributed by atoms with E-state index in [1.54, 1.807) is 43.3 Å². The minimum Gasteiger partial charge on any atom is -0.493 e. The van der Waals surface area contributed by atoms with E-state index >= 15 is 0 Å². The van der Waals surface area contributed by atoms with Crippen molar-refractivity contribution in [3.63, 3.8) is 0 Å². The zero-order valence-electron chi connectivity index (χ0n) is 18.1. The number of ether oxygens (including phenoxy) is 1. The molecule has 0 fully saturated rings. The van der Waals surface area contributed by atoms with Gasteiger partial charge in [0.15, 0.2) is 5.11 Å². The van der Waals surface area contributed by atoms with E-state index in [0.717, 1.165) is 0 Å². The standard InChI is InChI=1S/C22H29N3O4S2/c1-5-16(4)25-31(27,28)20-11-9-18(10-12-20)23-22(30)24-21(26)17-7-6-8-19(13-17)29-14-15(2)3/h6-13,15-16,25H,5,14H2,1-4H3,(H2,23,24,26,30). The monoisotopic (exact) mass is 463 g/mol. The molecule has 2 rings (SSSR count). The van der Waals surface area contributed by atoms with Crippen LogP contribution < -0.4 is 20.1 Å². The summed E-state index contributed by atoms with van der Waals surface area (Å²) in [6, 6.07) is 12.8. The molecule has 0 saturated carbocycles. The Morgan fingerprint density at radius 3 is 2.39 bits per heavy atom. The number of sulfonamides is 1. The molecule has 0 radical (unpaired) electrons. The quantitative estimate of drug-likeness (QED) is 0.488. The molecule has 2 aromatic carbocycles. The molecule has 1 atom stereocenters. The van der Waals surface area contributed by atoms with Crippen LogP contribution in [0.4, 0.5) is 5.69 Å². The molecule has 7 nitrogen and oxygen atoms in total. The highest BCUT2D eigenvalue weighted by atomic mass is 32.2. The lowest BCUT2D eigenvalue weighted by Gasteiger charge is -2.13. The number of benzene rings is 2. The van der Waals surface area contributed by atoms with E-state index in [4.69, 9.17) is 17.0 Å². The number of hydrogen-bond donors (Lipinski definition) is 3. The predicted molar refractivity (Wildman–Crippen MR) is 127 cm³/mol. The SMILES string of the molecule is CCC(C)NS(=O)(=O)c1ccc(NC(=S)NC(=O)c2cccc(OCC(C)C)c2)cc1. The molecule has 0 aromatic heterocycles. The highest BCUT2D eigenvalue weighted by Gasteiger charge is 2.16. The highest BCUT2D eigenvalue weighted by molar-refractivity contribution is 7.89. The van der Waals surface area contributed by atoms with Gasteiger partial charge < -0.3 is 10.1 Å². The summed E-state index contributed by atoms with van der Waals surface area (Å²) in [6.07, 6.45) is 0.694. The summed E-state index contributed by atoms with van der Waals surface area (Å²) in [7, 11) is -3.58. The molecular weight excluding hydrogens is 434 g/mol. The molecule has 0 bridgehead atoms. The lowest BCUT2D eigenvalue weighted by atomic mass is 10.2. The van der Waals surface area contributed by atoms with Crippen LogP contribution in [0.1, 0.15) is 44.5 Å². The Kier molecular flexibility index (Phi) is 8.97. The zero-order valence-corrected chi connectivity index (χ0v) is 19.8. The number of carbonyl (C=O) groups is 1. The van der Waals surface area contributed by atoms with Gasteiger partial charge in [-0.3, -0.25) is 10.1 Å². The third kappa shape index (κ3) is 7.93. The molecule has 0 saturated heterocycles. The first kappa shape index (κ1) is 24.8. The summed E-state index contributed by atoms with van der Waals surface area (Å²) in [4.78, 5) is 12.6. The Morgan fingerprint density at radius 1 is 1.10 bits per heavy atom. The van der Waals surface area contributed by atoms with E-state index in [9.17, 15) is 13.2 Å². The normalized spacial score (nSPS) is 12.3. The average molecular weight is 464 g/mol. The molecule has 168 valence electrons. The van der Waals surface area contributed by atoms with Crippen LogP contribution in [0.5, 0.6) is 5.75 Å². The first-order valence-corrected chi connectivity index (χ1v) is 12.0. The second-order valence-electron chi connectivity index (χ2n) is 7.60. The molecule has 3 N–H and O–H groups in total. The first-order chi connectivity index (χ1) is 14.6. The van der Waals surface area contributed by atoms with Gasteiger partial charge in [-0.25, -0.2) is 13.1 Å². The topological polar surface area (TPSA) is 96.5 Å². The molecule has 31 heavy (non-hydrogen) atoms. The van der Waals surface area contributed by atoms with Gasteiger partial charge in [-0.1, -0.05) is 26.8 Å². The Morgan fingerprint density at radius 2 is 1.77 bits per heavy atom. The van der Waals surface area contributed by atoms with Gasteiger partial charge in [-0.2, -0.15) is 0 Å². The molecular formula is C22H29N3O4S2. The molecule has 0 aliphatic heterocycles. The molecule has 0 aliphatic carbocycles. The maximum atomic E-state index is 12.5. The number of carbonyl (C=O) groups excluding carboxylic acids is 1. The summed E-state index contributed by atoms with van der Waals surface area (Å²) in [5.41, 5.74) is 0.977. The molecule has 0 spiro atoms. The van der Waals surface area contributed by atoms with Crippen molar-refractivity contribution in [2.75, 3.05) is 11.9 Å². The van der Waals surface area contributed by atoms with E-state index in [1.807, 2.05) is 20.8 Å². The van der Waals surface area contributed by atoms with E-state index in [2.05, 4.69) is 15.4 Å². The van der Waals surface area contributed by atoms with Crippen molar-refractivity contribution in [1.82, 2.24) is 10.0 Å². The average Bonchev–Trinajstić information content (AvgIpc) is 2.72. The molecule has 0 aliphatic rings. The summed E-state index contributed by atoms with van der Waals surface area (Å²) >= 11 is 5.20. The molecule has 1 unspecified atom stereocenters. The summed E-state index contributed by atoms with van der Waals surface area (Å²) in [6.45, 7) is 8.37. The van der Waals surface area contributed by atoms with Crippen molar-refractivity contribution in [2.45, 2.75) is 45.1 Å². The molecule has 2 aromatic rings. The summed E-state index contributed by atoms with van der Waals surface area (Å²) < 4.78 is 32.9. The molecule has 0 heterocycles. The van der Waals surface area contributed by atoms with Crippen molar-refractivity contribution in [2.24, 2.45) is 5.92 Å². The van der Waals surface area contributed by atoms with Crippen molar-refractivity contribution < 1.29 is 17.9 Å². The van der Waals surface area contributed by atoms with Gasteiger partial charge in [0.1, 0.15) is 5.75 Å². The third-order valence-corrected chi connectivity index (χ3v) is 6.11. The minimum absolute atomic E-state index is 0.104. The van der Waals surface area contributed by atoms with Gasteiger partial charge in [-0.05, 0) is 73.9 Å². The Bertz CT molecular complexity index is 1010. The van der Waals surface area contributed by atoms with E-state index in [0.29, 0.717) is 35.9 Å². The van der Waals surface area contributed by atoms with Crippen molar-refractivity contribution in [1.29, 1.82) is 0 Å². The van der Waals surface area contributed by atoms with Crippen LogP contribution in [-0.2, 0) is 10.0 Å². The smallest absolute Gasteiger partial charge is 0.257 e. The van der Waals surface area contributed by atoms with Gasteiger partial charge in [0.2, 0.25) is 10.0 Å². The van der Waals surface area contributed by atoms with Crippen LogP contribution in [0.2, 0.25) is 0 Å². The Hall–Kier alpha value is -2.49. The second-order valence-corrected chi connectivity index (χ2v) is 9.72. The van der Waals surface area contributed by atoms with Gasteiger partial charge in [0.05, 0.1) is 11.5 Å². The maximum absolute atomic E-state index is 12.5. The third-order valence-electron chi connectivity index (χ3n) is 4.30. The van der Waals surface area contributed by atoms with Crippen LogP contribution in [0, 0.1) is 5.92 Å². The summed E-state index contributed by atoms with van der Waals surface area (Å²) in [5, 5.41) is 5.60. The van der Waals surface area contributed by atoms with E-state index in [-0.39, 0.29) is 22.0 Å². The fraction of sp³-hybridized carbons (Fsp3) is 0.364. The number of hydrogen-bond acceptors (Lipinski definition) is 5. The number of thiocarbonyl (C=S) groups is 1. The van der Waals surface area contributed by atoms with Crippen LogP contribution in [-0.4, -0.2) is 32.1 Å². The Balaban J connectivity index is 1.97. The number of rotatable bonds is 9. The van der Waals surface area contributed by atoms with Crippen molar-refractivity contribution >= 4 is 38.9 Å². The highest BCUT2D eigenvalue weighted by Crippen LogP contribution is 2.16. The Labute approximate surface area is 189 Å². The fourth-order valence-corrected chi connectivity index (χ4v) is 4.00. The van der Waals surface area contributed by atoms with Gasteiger partial charge >= 0.3 is 0 Å². The molecule has 1 amide bonds. The number of anilines is 1. The second kappa shape index (κ2) is 11.2. The van der Waals surface area contributed by atoms with Crippen LogP contribution in [0.25, 0.3) is 0 Å². The summed E-state index contributed by atoms with van der Waals surface area (Å²) in [5.74, 6) is 0.619. The van der Waals surface area contributed by atoms with Crippen LogP contribution in [0.3, 0.4) is 0 Å². The predicted octanol–water partition coefficient (Wildman–Crippen LogP) is 3.93. The van der Waals surface area contributed by atoms with Gasteiger partial charge in [0.25, 0.3) is 5.91 Å². The molecule has 9 heteroatoms. The van der Waals surface area contributed by atoms with Crippen molar-refractivity contribution in [3.05, 3.63) is 54.1 Å². The zero-order chi connectivity index (χ0) is 23.0. The minimum atomic E-state index is -3.58.